The van der Waals surface area contributed by atoms with E-state index in [0.29, 0.717) is 37.5 Å². The first-order valence-corrected chi connectivity index (χ1v) is 12.4. The summed E-state index contributed by atoms with van der Waals surface area (Å²) in [7, 11) is -3.57. The molecule has 1 fully saturated rings. The van der Waals surface area contributed by atoms with Gasteiger partial charge in [-0.1, -0.05) is 17.7 Å². The van der Waals surface area contributed by atoms with Gasteiger partial charge in [-0.3, -0.25) is 4.79 Å². The highest BCUT2D eigenvalue weighted by atomic mass is 35.5. The molecule has 1 saturated heterocycles. The van der Waals surface area contributed by atoms with Gasteiger partial charge in [-0.2, -0.15) is 4.31 Å². The number of nitrogens with one attached hydrogen (secondary N) is 1. The van der Waals surface area contributed by atoms with Crippen LogP contribution in [0.4, 0.5) is 5.82 Å². The molecule has 0 radical (unpaired) electrons. The molecule has 0 bridgehead atoms. The van der Waals surface area contributed by atoms with E-state index in [9.17, 15) is 13.2 Å². The number of pyridine rings is 1. The summed E-state index contributed by atoms with van der Waals surface area (Å²) < 4.78 is 27.0. The number of nitrogens with zero attached hydrogens (tertiary/aromatic N) is 3. The van der Waals surface area contributed by atoms with E-state index >= 15 is 0 Å². The normalized spacial score (nSPS) is 15.6. The number of piperidine rings is 1. The van der Waals surface area contributed by atoms with Gasteiger partial charge in [0.1, 0.15) is 5.82 Å². The Kier molecular flexibility index (Phi) is 7.91. The van der Waals surface area contributed by atoms with Crippen molar-refractivity contribution in [2.45, 2.75) is 38.1 Å². The largest absolute Gasteiger partial charge is 0.357 e. The van der Waals surface area contributed by atoms with Gasteiger partial charge in [0.25, 0.3) is 0 Å². The van der Waals surface area contributed by atoms with E-state index in [0.717, 1.165) is 24.5 Å². The Balaban J connectivity index is 1.50. The number of halogens is 1. The first kappa shape index (κ1) is 23.5. The van der Waals surface area contributed by atoms with E-state index in [1.165, 1.54) is 16.4 Å². The number of aromatic nitrogens is 1. The molecule has 0 saturated carbocycles. The summed E-state index contributed by atoms with van der Waals surface area (Å²) in [6.45, 7) is 7.02. The van der Waals surface area contributed by atoms with Crippen molar-refractivity contribution in [2.24, 2.45) is 5.92 Å². The Morgan fingerprint density at radius 2 is 1.77 bits per heavy atom. The zero-order valence-electron chi connectivity index (χ0n) is 17.9. The maximum atomic E-state index is 12.8. The first-order chi connectivity index (χ1) is 14.8. The van der Waals surface area contributed by atoms with Gasteiger partial charge >= 0.3 is 0 Å². The summed E-state index contributed by atoms with van der Waals surface area (Å²) in [5, 5.41) is 3.45. The number of sulfonamides is 1. The lowest BCUT2D eigenvalue weighted by molar-refractivity contribution is -0.126. The van der Waals surface area contributed by atoms with Crippen molar-refractivity contribution in [3.8, 4) is 0 Å². The molecular weight excluding hydrogens is 436 g/mol. The van der Waals surface area contributed by atoms with E-state index in [4.69, 9.17) is 11.6 Å². The highest BCUT2D eigenvalue weighted by Crippen LogP contribution is 2.25. The third-order valence-corrected chi connectivity index (χ3v) is 7.80. The van der Waals surface area contributed by atoms with Crippen LogP contribution in [0.15, 0.2) is 47.5 Å². The van der Waals surface area contributed by atoms with Crippen LogP contribution in [0.5, 0.6) is 0 Å². The molecule has 2 heterocycles. The lowest BCUT2D eigenvalue weighted by atomic mass is 9.97. The number of hydrogen-bond acceptors (Lipinski definition) is 5. The minimum absolute atomic E-state index is 0.0450. The van der Waals surface area contributed by atoms with Crippen molar-refractivity contribution in [1.82, 2.24) is 14.6 Å². The van der Waals surface area contributed by atoms with Crippen molar-refractivity contribution in [1.29, 1.82) is 0 Å². The highest BCUT2D eigenvalue weighted by Gasteiger charge is 2.32. The van der Waals surface area contributed by atoms with Crippen LogP contribution in [0.1, 0.15) is 32.3 Å². The molecule has 1 aliphatic rings. The molecule has 168 valence electrons. The standard InChI is InChI=1S/C22H29ClN4O3S/c1-3-26(4-2)21-10-5-17(15-24-21)16-25-22(28)18-11-13-27(14-12-18)31(29,30)20-8-6-19(23)7-9-20/h5-10,15,18H,3-4,11-14,16H2,1-2H3,(H,25,28). The number of benzene rings is 1. The van der Waals surface area contributed by atoms with E-state index < -0.39 is 10.0 Å². The molecule has 2 aromatic rings. The van der Waals surface area contributed by atoms with E-state index in [1.54, 1.807) is 18.3 Å². The summed E-state index contributed by atoms with van der Waals surface area (Å²) in [5.41, 5.74) is 0.937. The number of anilines is 1. The van der Waals surface area contributed by atoms with Crippen LogP contribution in [0.2, 0.25) is 5.02 Å². The van der Waals surface area contributed by atoms with Gasteiger partial charge in [0.05, 0.1) is 4.90 Å². The second-order valence-electron chi connectivity index (χ2n) is 7.55. The number of amides is 1. The average Bonchev–Trinajstić information content (AvgIpc) is 2.79. The van der Waals surface area contributed by atoms with Crippen molar-refractivity contribution in [2.75, 3.05) is 31.1 Å². The topological polar surface area (TPSA) is 82.6 Å². The van der Waals surface area contributed by atoms with Crippen molar-refractivity contribution in [3.63, 3.8) is 0 Å². The Morgan fingerprint density at radius 1 is 1.13 bits per heavy atom. The molecule has 1 amide bonds. The fourth-order valence-corrected chi connectivity index (χ4v) is 5.30. The molecule has 0 aliphatic carbocycles. The molecule has 7 nitrogen and oxygen atoms in total. The highest BCUT2D eigenvalue weighted by molar-refractivity contribution is 7.89. The van der Waals surface area contributed by atoms with Crippen LogP contribution in [0, 0.1) is 5.92 Å². The summed E-state index contributed by atoms with van der Waals surface area (Å²) in [5.74, 6) is 0.685. The zero-order chi connectivity index (χ0) is 22.4. The van der Waals surface area contributed by atoms with Crippen LogP contribution >= 0.6 is 11.6 Å². The van der Waals surface area contributed by atoms with Crippen molar-refractivity contribution in [3.05, 3.63) is 53.2 Å². The molecular formula is C22H29ClN4O3S. The van der Waals surface area contributed by atoms with Gasteiger partial charge in [0.15, 0.2) is 0 Å². The third-order valence-electron chi connectivity index (χ3n) is 5.64. The average molecular weight is 465 g/mol. The number of hydrogen-bond donors (Lipinski definition) is 1. The smallest absolute Gasteiger partial charge is 0.243 e. The van der Waals surface area contributed by atoms with Gasteiger partial charge in [0.2, 0.25) is 15.9 Å². The molecule has 0 unspecified atom stereocenters. The summed E-state index contributed by atoms with van der Waals surface area (Å²) in [4.78, 5) is 19.4. The summed E-state index contributed by atoms with van der Waals surface area (Å²) in [6.07, 6.45) is 2.78. The minimum Gasteiger partial charge on any atom is -0.357 e. The van der Waals surface area contributed by atoms with Gasteiger partial charge in [-0.15, -0.1) is 0 Å². The van der Waals surface area contributed by atoms with Crippen LogP contribution in [0.25, 0.3) is 0 Å². The predicted octanol–water partition coefficient (Wildman–Crippen LogP) is 3.30. The first-order valence-electron chi connectivity index (χ1n) is 10.6. The lowest BCUT2D eigenvalue weighted by Crippen LogP contribution is -2.42. The van der Waals surface area contributed by atoms with Crippen LogP contribution < -0.4 is 10.2 Å². The molecule has 31 heavy (non-hydrogen) atoms. The molecule has 9 heteroatoms. The van der Waals surface area contributed by atoms with Gasteiger partial charge in [-0.05, 0) is 62.6 Å². The second kappa shape index (κ2) is 10.4. The molecule has 1 aromatic heterocycles. The molecule has 1 N–H and O–H groups in total. The Bertz CT molecular complexity index is 969. The summed E-state index contributed by atoms with van der Waals surface area (Å²) >= 11 is 5.85. The molecule has 1 aromatic carbocycles. The second-order valence-corrected chi connectivity index (χ2v) is 9.92. The minimum atomic E-state index is -3.57. The maximum absolute atomic E-state index is 12.8. The number of rotatable bonds is 8. The maximum Gasteiger partial charge on any atom is 0.243 e. The quantitative estimate of drug-likeness (QED) is 0.648. The molecule has 1 aliphatic heterocycles. The number of carbonyl (C=O) groups excluding carboxylic acids is 1. The fraction of sp³-hybridized carbons (Fsp3) is 0.455. The SMILES string of the molecule is CCN(CC)c1ccc(CNC(=O)C2CCN(S(=O)(=O)c3ccc(Cl)cc3)CC2)cn1. The monoisotopic (exact) mass is 464 g/mol. The van der Waals surface area contributed by atoms with Gasteiger partial charge in [0, 0.05) is 49.9 Å². The molecule has 3 rings (SSSR count). The number of carbonyl (C=O) groups is 1. The van der Waals surface area contributed by atoms with E-state index in [1.807, 2.05) is 12.1 Å². The zero-order valence-corrected chi connectivity index (χ0v) is 19.5. The molecule has 0 atom stereocenters. The van der Waals surface area contributed by atoms with Gasteiger partial charge in [-0.25, -0.2) is 13.4 Å². The Hall–Kier alpha value is -2.16. The van der Waals surface area contributed by atoms with Crippen LogP contribution in [0.3, 0.4) is 0 Å². The lowest BCUT2D eigenvalue weighted by Gasteiger charge is -2.30. The van der Waals surface area contributed by atoms with Crippen molar-refractivity contribution >= 4 is 33.3 Å². The third kappa shape index (κ3) is 5.75. The Labute approximate surface area is 189 Å². The van der Waals surface area contributed by atoms with Crippen LogP contribution in [-0.4, -0.2) is 49.8 Å². The Morgan fingerprint density at radius 3 is 2.32 bits per heavy atom. The van der Waals surface area contributed by atoms with E-state index in [2.05, 4.69) is 29.0 Å². The van der Waals surface area contributed by atoms with Crippen molar-refractivity contribution < 1.29 is 13.2 Å². The summed E-state index contributed by atoms with van der Waals surface area (Å²) in [6, 6.07) is 10.1. The van der Waals surface area contributed by atoms with Gasteiger partial charge < -0.3 is 10.2 Å². The van der Waals surface area contributed by atoms with Crippen LogP contribution in [-0.2, 0) is 21.4 Å². The molecule has 0 spiro atoms. The fourth-order valence-electron chi connectivity index (χ4n) is 3.70. The van der Waals surface area contributed by atoms with E-state index in [-0.39, 0.29) is 16.7 Å². The predicted molar refractivity (Wildman–Crippen MR) is 123 cm³/mol.